The predicted molar refractivity (Wildman–Crippen MR) is 96.5 cm³/mol. The van der Waals surface area contributed by atoms with Crippen molar-refractivity contribution >= 4 is 11.5 Å². The van der Waals surface area contributed by atoms with E-state index in [1.165, 1.54) is 13.2 Å². The third-order valence-corrected chi connectivity index (χ3v) is 4.25. The van der Waals surface area contributed by atoms with Gasteiger partial charge in [0.2, 0.25) is 0 Å². The Morgan fingerprint density at radius 2 is 2.04 bits per heavy atom. The first-order valence-electron chi connectivity index (χ1n) is 8.17. The monoisotopic (exact) mass is 367 g/mol. The number of fused-ring (bicyclic) bond motifs is 1. The van der Waals surface area contributed by atoms with Gasteiger partial charge in [0.25, 0.3) is 0 Å². The molecule has 0 amide bonds. The number of hydrogen-bond acceptors (Lipinski definition) is 5. The van der Waals surface area contributed by atoms with Crippen LogP contribution in [0, 0.1) is 11.6 Å². The maximum atomic E-state index is 14.2. The second-order valence-corrected chi connectivity index (χ2v) is 5.79. The summed E-state index contributed by atoms with van der Waals surface area (Å²) in [7, 11) is 1.41. The van der Waals surface area contributed by atoms with Crippen molar-refractivity contribution in [3.8, 4) is 16.9 Å². The molecule has 3 aromatic heterocycles. The summed E-state index contributed by atoms with van der Waals surface area (Å²) < 4.78 is 34.6. The van der Waals surface area contributed by atoms with Crippen molar-refractivity contribution in [3.05, 3.63) is 72.3 Å². The molecule has 3 heterocycles. The van der Waals surface area contributed by atoms with Crippen molar-refractivity contribution in [2.75, 3.05) is 12.4 Å². The van der Waals surface area contributed by atoms with Crippen LogP contribution in [0.5, 0.6) is 5.75 Å². The van der Waals surface area contributed by atoms with Crippen molar-refractivity contribution < 1.29 is 13.5 Å². The van der Waals surface area contributed by atoms with Crippen LogP contribution in [0.4, 0.5) is 14.6 Å². The number of nitrogens with one attached hydrogen (secondary N) is 1. The molecule has 0 aliphatic carbocycles. The number of halogens is 2. The minimum atomic E-state index is -0.936. The lowest BCUT2D eigenvalue weighted by Crippen LogP contribution is -2.08. The zero-order chi connectivity index (χ0) is 18.8. The highest BCUT2D eigenvalue weighted by Gasteiger charge is 2.15. The molecule has 136 valence electrons. The van der Waals surface area contributed by atoms with Crippen LogP contribution in [0.2, 0.25) is 0 Å². The molecule has 4 aromatic rings. The fourth-order valence-corrected chi connectivity index (χ4v) is 2.91. The summed E-state index contributed by atoms with van der Waals surface area (Å²) in [6.45, 7) is 0.0340. The molecular formula is C19H15F2N5O. The van der Waals surface area contributed by atoms with Crippen LogP contribution >= 0.6 is 0 Å². The number of anilines is 1. The van der Waals surface area contributed by atoms with Gasteiger partial charge in [-0.15, -0.1) is 10.2 Å². The van der Waals surface area contributed by atoms with E-state index in [2.05, 4.69) is 20.5 Å². The smallest absolute Gasteiger partial charge is 0.170 e. The zero-order valence-electron chi connectivity index (χ0n) is 14.4. The van der Waals surface area contributed by atoms with Gasteiger partial charge in [-0.25, -0.2) is 8.78 Å². The van der Waals surface area contributed by atoms with Gasteiger partial charge in [-0.2, -0.15) is 0 Å². The molecule has 0 spiro atoms. The molecule has 0 radical (unpaired) electrons. The molecule has 0 fully saturated rings. The quantitative estimate of drug-likeness (QED) is 0.583. The van der Waals surface area contributed by atoms with E-state index in [0.717, 1.165) is 17.2 Å². The van der Waals surface area contributed by atoms with Crippen LogP contribution in [0.3, 0.4) is 0 Å². The van der Waals surface area contributed by atoms with E-state index in [-0.39, 0.29) is 17.9 Å². The van der Waals surface area contributed by atoms with Gasteiger partial charge < -0.3 is 10.1 Å². The number of hydrogen-bond donors (Lipinski definition) is 1. The molecule has 0 atom stereocenters. The summed E-state index contributed by atoms with van der Waals surface area (Å²) in [4.78, 5) is 4.12. The van der Waals surface area contributed by atoms with Crippen LogP contribution in [0.15, 0.2) is 55.1 Å². The van der Waals surface area contributed by atoms with Gasteiger partial charge in [0.1, 0.15) is 17.9 Å². The second-order valence-electron chi connectivity index (χ2n) is 5.79. The Bertz CT molecular complexity index is 1100. The van der Waals surface area contributed by atoms with Gasteiger partial charge in [-0.3, -0.25) is 9.38 Å². The van der Waals surface area contributed by atoms with Gasteiger partial charge in [-0.1, -0.05) is 6.07 Å². The fraction of sp³-hybridized carbons (Fsp3) is 0.105. The molecule has 0 bridgehead atoms. The van der Waals surface area contributed by atoms with Crippen molar-refractivity contribution in [2.24, 2.45) is 0 Å². The summed E-state index contributed by atoms with van der Waals surface area (Å²) in [6, 6.07) is 9.91. The van der Waals surface area contributed by atoms with Crippen molar-refractivity contribution in [3.63, 3.8) is 0 Å². The number of nitrogens with zero attached hydrogens (tertiary/aromatic N) is 4. The number of pyridine rings is 2. The number of aromatic nitrogens is 4. The first kappa shape index (κ1) is 16.9. The Labute approximate surface area is 153 Å². The largest absolute Gasteiger partial charge is 0.496 e. The van der Waals surface area contributed by atoms with Gasteiger partial charge in [0.05, 0.1) is 12.7 Å². The summed E-state index contributed by atoms with van der Waals surface area (Å²) >= 11 is 0. The van der Waals surface area contributed by atoms with Crippen LogP contribution in [-0.2, 0) is 6.54 Å². The molecule has 4 rings (SSSR count). The van der Waals surface area contributed by atoms with E-state index in [4.69, 9.17) is 4.74 Å². The normalized spacial score (nSPS) is 10.9. The Balaban J connectivity index is 1.69. The van der Waals surface area contributed by atoms with Crippen molar-refractivity contribution in [2.45, 2.75) is 6.54 Å². The molecule has 0 unspecified atom stereocenters. The summed E-state index contributed by atoms with van der Waals surface area (Å²) in [5.41, 5.74) is 2.50. The third kappa shape index (κ3) is 3.05. The fourth-order valence-electron chi connectivity index (χ4n) is 2.91. The molecule has 0 aliphatic heterocycles. The first-order chi connectivity index (χ1) is 13.2. The molecule has 0 saturated heterocycles. The van der Waals surface area contributed by atoms with E-state index in [0.29, 0.717) is 11.5 Å². The van der Waals surface area contributed by atoms with E-state index in [1.54, 1.807) is 23.1 Å². The van der Waals surface area contributed by atoms with Gasteiger partial charge >= 0.3 is 0 Å². The average molecular weight is 367 g/mol. The zero-order valence-corrected chi connectivity index (χ0v) is 14.4. The highest BCUT2D eigenvalue weighted by atomic mass is 19.2. The van der Waals surface area contributed by atoms with Crippen LogP contribution in [-0.4, -0.2) is 26.7 Å². The molecule has 8 heteroatoms. The molecule has 0 saturated carbocycles. The SMILES string of the molecule is COc1ccc(F)c(F)c1CNc1ccc(-c2cccnc2)c2nncn12. The molecular weight excluding hydrogens is 352 g/mol. The lowest BCUT2D eigenvalue weighted by atomic mass is 10.1. The standard InChI is InChI=1S/C19H15F2N5O/c1-27-16-6-5-15(20)18(21)14(16)10-23-17-7-4-13(12-3-2-8-22-9-12)19-25-24-11-26(17)19/h2-9,11,23H,10H2,1H3. The maximum Gasteiger partial charge on any atom is 0.170 e. The number of ether oxygens (including phenoxy) is 1. The number of methoxy groups -OCH3 is 1. The van der Waals surface area contributed by atoms with Gasteiger partial charge in [0.15, 0.2) is 17.3 Å². The number of rotatable bonds is 5. The highest BCUT2D eigenvalue weighted by molar-refractivity contribution is 5.78. The topological polar surface area (TPSA) is 64.3 Å². The van der Waals surface area contributed by atoms with E-state index in [1.807, 2.05) is 24.3 Å². The highest BCUT2D eigenvalue weighted by Crippen LogP contribution is 2.27. The summed E-state index contributed by atoms with van der Waals surface area (Å²) in [5, 5.41) is 11.2. The lowest BCUT2D eigenvalue weighted by Gasteiger charge is -2.14. The Hall–Kier alpha value is -3.55. The third-order valence-electron chi connectivity index (χ3n) is 4.25. The average Bonchev–Trinajstić information content (AvgIpc) is 3.19. The van der Waals surface area contributed by atoms with Crippen molar-refractivity contribution in [1.29, 1.82) is 0 Å². The predicted octanol–water partition coefficient (Wildman–Crippen LogP) is 3.69. The van der Waals surface area contributed by atoms with Gasteiger partial charge in [-0.05, 0) is 30.3 Å². The van der Waals surface area contributed by atoms with Crippen molar-refractivity contribution in [1.82, 2.24) is 19.6 Å². The Kier molecular flexibility index (Phi) is 4.37. The molecule has 6 nitrogen and oxygen atoms in total. The minimum absolute atomic E-state index is 0.0340. The van der Waals surface area contributed by atoms with Crippen LogP contribution < -0.4 is 10.1 Å². The molecule has 27 heavy (non-hydrogen) atoms. The number of benzene rings is 1. The Morgan fingerprint density at radius 1 is 1.15 bits per heavy atom. The summed E-state index contributed by atoms with van der Waals surface area (Å²) in [5.74, 6) is -0.954. The van der Waals surface area contributed by atoms with E-state index < -0.39 is 11.6 Å². The lowest BCUT2D eigenvalue weighted by molar-refractivity contribution is 0.399. The van der Waals surface area contributed by atoms with Crippen LogP contribution in [0.25, 0.3) is 16.8 Å². The first-order valence-corrected chi connectivity index (χ1v) is 8.17. The van der Waals surface area contributed by atoms with Crippen LogP contribution in [0.1, 0.15) is 5.56 Å². The summed E-state index contributed by atoms with van der Waals surface area (Å²) in [6.07, 6.45) is 4.99. The Morgan fingerprint density at radius 3 is 2.81 bits per heavy atom. The van der Waals surface area contributed by atoms with Gasteiger partial charge in [0, 0.05) is 30.1 Å². The van der Waals surface area contributed by atoms with E-state index in [9.17, 15) is 8.78 Å². The van der Waals surface area contributed by atoms with E-state index >= 15 is 0 Å². The molecule has 1 aromatic carbocycles. The molecule has 1 N–H and O–H groups in total. The maximum absolute atomic E-state index is 14.2. The second kappa shape index (κ2) is 6.99. The molecule has 0 aliphatic rings. The minimum Gasteiger partial charge on any atom is -0.496 e.